The maximum absolute atomic E-state index is 11.3. The molecule has 0 amide bonds. The van der Waals surface area contributed by atoms with Crippen molar-refractivity contribution in [2.45, 2.75) is 26.4 Å². The first kappa shape index (κ1) is 10.4. The molecule has 5 nitrogen and oxygen atoms in total. The van der Waals surface area contributed by atoms with E-state index in [0.29, 0.717) is 0 Å². The third-order valence-corrected chi connectivity index (χ3v) is 1.29. The van der Waals surface area contributed by atoms with E-state index >= 15 is 0 Å². The molecule has 1 aromatic rings. The average Bonchev–Trinajstić information content (AvgIpc) is 2.51. The van der Waals surface area contributed by atoms with Gasteiger partial charge < -0.3 is 4.74 Å². The summed E-state index contributed by atoms with van der Waals surface area (Å²) >= 11 is 0. The number of carbonyl (C=O) groups is 2. The van der Waals surface area contributed by atoms with Gasteiger partial charge in [-0.3, -0.25) is 4.79 Å². The molecule has 0 fully saturated rings. The van der Waals surface area contributed by atoms with Crippen LogP contribution >= 0.6 is 0 Å². The number of ether oxygens (including phenoxy) is 1. The largest absolute Gasteiger partial charge is 0.453 e. The van der Waals surface area contributed by atoms with E-state index in [-0.39, 0.29) is 0 Å². The lowest BCUT2D eigenvalue weighted by Crippen LogP contribution is -2.32. The van der Waals surface area contributed by atoms with E-state index in [1.807, 2.05) is 0 Å². The molecule has 1 rings (SSSR count). The number of hydrogen-bond acceptors (Lipinski definition) is 4. The van der Waals surface area contributed by atoms with Crippen LogP contribution in [0.5, 0.6) is 0 Å². The van der Waals surface area contributed by atoms with E-state index in [9.17, 15) is 9.59 Å². The van der Waals surface area contributed by atoms with E-state index in [4.69, 9.17) is 4.74 Å². The third-order valence-electron chi connectivity index (χ3n) is 1.29. The molecule has 0 spiro atoms. The maximum Gasteiger partial charge on any atom is 0.399 e. The molecule has 14 heavy (non-hydrogen) atoms. The summed E-state index contributed by atoms with van der Waals surface area (Å²) in [6.07, 6.45) is 2.81. The summed E-state index contributed by atoms with van der Waals surface area (Å²) < 4.78 is 5.81. The van der Waals surface area contributed by atoms with Gasteiger partial charge in [0.25, 0.3) is 0 Å². The summed E-state index contributed by atoms with van der Waals surface area (Å²) in [7, 11) is 0. The molecule has 0 N–H and O–H groups in total. The molecular weight excluding hydrogens is 184 g/mol. The molecule has 0 aliphatic rings. The van der Waals surface area contributed by atoms with Crippen LogP contribution in [0.2, 0.25) is 0 Å². The van der Waals surface area contributed by atoms with E-state index in [1.165, 1.54) is 12.4 Å². The Morgan fingerprint density at radius 3 is 2.43 bits per heavy atom. The van der Waals surface area contributed by atoms with Crippen molar-refractivity contribution in [2.75, 3.05) is 0 Å². The summed E-state index contributed by atoms with van der Waals surface area (Å²) in [4.78, 5) is 22.5. The Bertz CT molecular complexity index is 335. The fourth-order valence-electron chi connectivity index (χ4n) is 0.804. The first-order valence-corrected chi connectivity index (χ1v) is 4.17. The number of carbonyl (C=O) groups excluding carboxylic acids is 2. The van der Waals surface area contributed by atoms with Gasteiger partial charge in [-0.25, -0.2) is 4.79 Å². The second-order valence-corrected chi connectivity index (χ2v) is 3.76. The lowest BCUT2D eigenvalue weighted by Gasteiger charge is -2.18. The van der Waals surface area contributed by atoms with Crippen LogP contribution in [-0.2, 0) is 9.53 Å². The minimum Gasteiger partial charge on any atom is -0.453 e. The van der Waals surface area contributed by atoms with Crippen molar-refractivity contribution in [3.05, 3.63) is 18.5 Å². The molecule has 0 saturated heterocycles. The molecule has 0 saturated carbocycles. The number of rotatable bonds is 0. The van der Waals surface area contributed by atoms with Crippen LogP contribution in [0.4, 0.5) is 0 Å². The molecule has 0 unspecified atom stereocenters. The predicted molar refractivity (Wildman–Crippen MR) is 48.7 cm³/mol. The van der Waals surface area contributed by atoms with E-state index in [1.54, 1.807) is 26.8 Å². The van der Waals surface area contributed by atoms with Crippen LogP contribution < -0.4 is 0 Å². The van der Waals surface area contributed by atoms with Gasteiger partial charge in [0, 0.05) is 12.4 Å². The monoisotopic (exact) mass is 196 g/mol. The van der Waals surface area contributed by atoms with Crippen molar-refractivity contribution in [1.82, 2.24) is 9.78 Å². The van der Waals surface area contributed by atoms with E-state index < -0.39 is 17.5 Å². The van der Waals surface area contributed by atoms with Crippen LogP contribution in [0.15, 0.2) is 18.5 Å². The van der Waals surface area contributed by atoms with Crippen LogP contribution in [0, 0.1) is 0 Å². The van der Waals surface area contributed by atoms with Gasteiger partial charge in [-0.2, -0.15) is 9.78 Å². The number of aromatic nitrogens is 2. The van der Waals surface area contributed by atoms with Gasteiger partial charge in [0.2, 0.25) is 0 Å². The predicted octanol–water partition coefficient (Wildman–Crippen LogP) is 0.865. The highest BCUT2D eigenvalue weighted by atomic mass is 16.6. The molecule has 5 heteroatoms. The lowest BCUT2D eigenvalue weighted by molar-refractivity contribution is -0.149. The minimum absolute atomic E-state index is 0.667. The maximum atomic E-state index is 11.3. The normalized spacial score (nSPS) is 11.1. The highest BCUT2D eigenvalue weighted by Gasteiger charge is 2.24. The Hall–Kier alpha value is -1.65. The topological polar surface area (TPSA) is 61.2 Å². The fourth-order valence-corrected chi connectivity index (χ4v) is 0.804. The Labute approximate surface area is 81.7 Å². The molecule has 1 heterocycles. The quantitative estimate of drug-likeness (QED) is 0.456. The van der Waals surface area contributed by atoms with Gasteiger partial charge in [0.1, 0.15) is 5.60 Å². The van der Waals surface area contributed by atoms with Gasteiger partial charge in [0.15, 0.2) is 0 Å². The van der Waals surface area contributed by atoms with Gasteiger partial charge in [-0.1, -0.05) is 0 Å². The van der Waals surface area contributed by atoms with Crippen molar-refractivity contribution >= 4 is 11.9 Å². The Morgan fingerprint density at radius 2 is 2.00 bits per heavy atom. The Kier molecular flexibility index (Phi) is 2.69. The molecule has 0 bridgehead atoms. The van der Waals surface area contributed by atoms with Crippen LogP contribution in [0.25, 0.3) is 0 Å². The fraction of sp³-hybridized carbons (Fsp3) is 0.444. The highest BCUT2D eigenvalue weighted by molar-refractivity contribution is 6.33. The molecule has 0 aromatic carbocycles. The van der Waals surface area contributed by atoms with E-state index in [2.05, 4.69) is 5.10 Å². The summed E-state index contributed by atoms with van der Waals surface area (Å²) in [6, 6.07) is 1.56. The molecule has 0 aliphatic heterocycles. The van der Waals surface area contributed by atoms with Gasteiger partial charge in [-0.05, 0) is 26.8 Å². The molecule has 76 valence electrons. The number of esters is 1. The van der Waals surface area contributed by atoms with Crippen molar-refractivity contribution < 1.29 is 14.3 Å². The van der Waals surface area contributed by atoms with Crippen LogP contribution in [-0.4, -0.2) is 27.3 Å². The Morgan fingerprint density at radius 1 is 1.36 bits per heavy atom. The minimum atomic E-state index is -0.902. The summed E-state index contributed by atoms with van der Waals surface area (Å²) in [5.74, 6) is -1.69. The van der Waals surface area contributed by atoms with E-state index in [0.717, 1.165) is 4.68 Å². The molecule has 1 aromatic heterocycles. The van der Waals surface area contributed by atoms with Crippen LogP contribution in [0.1, 0.15) is 25.6 Å². The SMILES string of the molecule is CC(C)(C)OC(=O)C(=O)n1cccn1. The van der Waals surface area contributed by atoms with Crippen LogP contribution in [0.3, 0.4) is 0 Å². The lowest BCUT2D eigenvalue weighted by atomic mass is 10.2. The molecular formula is C9H12N2O3. The molecule has 0 radical (unpaired) electrons. The summed E-state index contributed by atoms with van der Waals surface area (Å²) in [5, 5.41) is 3.63. The molecule has 0 atom stereocenters. The second-order valence-electron chi connectivity index (χ2n) is 3.76. The number of nitrogens with zero attached hydrogens (tertiary/aromatic N) is 2. The summed E-state index contributed by atoms with van der Waals surface area (Å²) in [5.41, 5.74) is -0.667. The number of hydrogen-bond donors (Lipinski definition) is 0. The van der Waals surface area contributed by atoms with Crippen molar-refractivity contribution in [3.8, 4) is 0 Å². The standard InChI is InChI=1S/C9H12N2O3/c1-9(2,3)14-8(13)7(12)11-6-4-5-10-11/h4-6H,1-3H3. The first-order chi connectivity index (χ1) is 6.40. The third kappa shape index (κ3) is 2.69. The summed E-state index contributed by atoms with van der Waals surface area (Å²) in [6.45, 7) is 5.09. The van der Waals surface area contributed by atoms with Crippen molar-refractivity contribution in [1.29, 1.82) is 0 Å². The average molecular weight is 196 g/mol. The van der Waals surface area contributed by atoms with Gasteiger partial charge in [0.05, 0.1) is 0 Å². The smallest absolute Gasteiger partial charge is 0.399 e. The second kappa shape index (κ2) is 3.61. The zero-order valence-corrected chi connectivity index (χ0v) is 8.35. The Balaban J connectivity index is 2.68. The van der Waals surface area contributed by atoms with Crippen molar-refractivity contribution in [2.24, 2.45) is 0 Å². The van der Waals surface area contributed by atoms with Gasteiger partial charge in [-0.15, -0.1) is 0 Å². The zero-order chi connectivity index (χ0) is 10.8. The first-order valence-electron chi connectivity index (χ1n) is 4.17. The van der Waals surface area contributed by atoms with Gasteiger partial charge >= 0.3 is 11.9 Å². The van der Waals surface area contributed by atoms with Crippen molar-refractivity contribution in [3.63, 3.8) is 0 Å². The highest BCUT2D eigenvalue weighted by Crippen LogP contribution is 2.07. The molecule has 0 aliphatic carbocycles. The zero-order valence-electron chi connectivity index (χ0n) is 8.35.